The summed E-state index contributed by atoms with van der Waals surface area (Å²) in [5.41, 5.74) is 8.00. The van der Waals surface area contributed by atoms with Crippen molar-refractivity contribution in [1.29, 1.82) is 0 Å². The second-order valence-corrected chi connectivity index (χ2v) is 6.76. The number of methoxy groups -OCH3 is 2. The molecule has 1 aliphatic rings. The van der Waals surface area contributed by atoms with Crippen molar-refractivity contribution in [1.82, 2.24) is 5.01 Å². The summed E-state index contributed by atoms with van der Waals surface area (Å²) in [6.45, 7) is 0.486. The van der Waals surface area contributed by atoms with E-state index in [0.717, 1.165) is 11.3 Å². The molecular formula is C20H21ClN4O4. The lowest BCUT2D eigenvalue weighted by Gasteiger charge is -2.14. The van der Waals surface area contributed by atoms with Crippen LogP contribution in [-0.4, -0.2) is 43.4 Å². The van der Waals surface area contributed by atoms with Gasteiger partial charge in [0.15, 0.2) is 11.5 Å². The van der Waals surface area contributed by atoms with Gasteiger partial charge in [0.25, 0.3) is 0 Å². The molecule has 0 spiro atoms. The Morgan fingerprint density at radius 1 is 1.17 bits per heavy atom. The lowest BCUT2D eigenvalue weighted by Crippen LogP contribution is -2.25. The molecule has 3 rings (SSSR count). The fourth-order valence-corrected chi connectivity index (χ4v) is 3.23. The normalized spacial score (nSPS) is 13.1. The summed E-state index contributed by atoms with van der Waals surface area (Å²) in [4.78, 5) is 23.6. The highest BCUT2D eigenvalue weighted by Gasteiger charge is 2.23. The quantitative estimate of drug-likeness (QED) is 0.754. The zero-order chi connectivity index (χ0) is 21.0. The first-order chi connectivity index (χ1) is 13.9. The summed E-state index contributed by atoms with van der Waals surface area (Å²) in [6.07, 6.45) is 0.728. The van der Waals surface area contributed by atoms with Gasteiger partial charge in [0, 0.05) is 23.2 Å². The van der Waals surface area contributed by atoms with E-state index in [1.807, 2.05) is 12.1 Å². The maximum atomic E-state index is 12.7. The average Bonchev–Trinajstić information content (AvgIpc) is 3.19. The van der Waals surface area contributed by atoms with E-state index in [2.05, 4.69) is 10.4 Å². The molecule has 3 amide bonds. The van der Waals surface area contributed by atoms with Gasteiger partial charge in [0.1, 0.15) is 0 Å². The van der Waals surface area contributed by atoms with Crippen LogP contribution in [0.5, 0.6) is 11.5 Å². The fourth-order valence-electron chi connectivity index (χ4n) is 3.01. The highest BCUT2D eigenvalue weighted by molar-refractivity contribution is 6.31. The molecule has 2 aromatic rings. The van der Waals surface area contributed by atoms with E-state index in [1.54, 1.807) is 24.3 Å². The Morgan fingerprint density at radius 2 is 1.83 bits per heavy atom. The Hall–Kier alpha value is -3.26. The molecule has 0 unspecified atom stereocenters. The number of urea groups is 1. The van der Waals surface area contributed by atoms with E-state index in [4.69, 9.17) is 26.8 Å². The number of primary amides is 1. The summed E-state index contributed by atoms with van der Waals surface area (Å²) in [7, 11) is 3.05. The van der Waals surface area contributed by atoms with E-state index in [-0.39, 0.29) is 12.3 Å². The first-order valence-electron chi connectivity index (χ1n) is 8.86. The summed E-state index contributed by atoms with van der Waals surface area (Å²) in [5, 5.41) is 8.81. The van der Waals surface area contributed by atoms with Gasteiger partial charge in [-0.25, -0.2) is 9.80 Å². The van der Waals surface area contributed by atoms with Gasteiger partial charge in [-0.05, 0) is 29.3 Å². The van der Waals surface area contributed by atoms with Crippen molar-refractivity contribution in [2.75, 3.05) is 26.1 Å². The van der Waals surface area contributed by atoms with Crippen LogP contribution in [0.1, 0.15) is 17.5 Å². The molecule has 8 nitrogen and oxygen atoms in total. The van der Waals surface area contributed by atoms with E-state index in [9.17, 15) is 9.59 Å². The number of nitrogens with two attached hydrogens (primary N) is 1. The van der Waals surface area contributed by atoms with Gasteiger partial charge < -0.3 is 20.5 Å². The molecule has 9 heteroatoms. The van der Waals surface area contributed by atoms with E-state index in [0.29, 0.717) is 40.7 Å². The number of halogens is 1. The lowest BCUT2D eigenvalue weighted by atomic mass is 10.1. The Morgan fingerprint density at radius 3 is 2.45 bits per heavy atom. The number of hydrogen-bond acceptors (Lipinski definition) is 5. The zero-order valence-electron chi connectivity index (χ0n) is 16.1. The molecular weight excluding hydrogens is 396 g/mol. The van der Waals surface area contributed by atoms with Crippen LogP contribution in [0.3, 0.4) is 0 Å². The van der Waals surface area contributed by atoms with E-state index < -0.39 is 6.03 Å². The van der Waals surface area contributed by atoms with Gasteiger partial charge in [-0.2, -0.15) is 5.10 Å². The van der Waals surface area contributed by atoms with Gasteiger partial charge >= 0.3 is 6.03 Å². The number of carbonyl (C=O) groups is 2. The van der Waals surface area contributed by atoms with Crippen molar-refractivity contribution in [2.45, 2.75) is 12.8 Å². The number of amides is 3. The highest BCUT2D eigenvalue weighted by Crippen LogP contribution is 2.33. The Labute approximate surface area is 173 Å². The first kappa shape index (κ1) is 20.5. The Kier molecular flexibility index (Phi) is 6.23. The molecule has 0 aromatic heterocycles. The fraction of sp³-hybridized carbons (Fsp3) is 0.250. The van der Waals surface area contributed by atoms with Crippen LogP contribution in [0.15, 0.2) is 41.5 Å². The molecule has 2 aromatic carbocycles. The number of anilines is 1. The predicted molar refractivity (Wildman–Crippen MR) is 111 cm³/mol. The lowest BCUT2D eigenvalue weighted by molar-refractivity contribution is -0.130. The van der Waals surface area contributed by atoms with Crippen molar-refractivity contribution >= 4 is 34.9 Å². The maximum absolute atomic E-state index is 12.7. The number of ether oxygens (including phenoxy) is 2. The maximum Gasteiger partial charge on any atom is 0.316 e. The highest BCUT2D eigenvalue weighted by atomic mass is 35.5. The van der Waals surface area contributed by atoms with Crippen LogP contribution < -0.4 is 20.5 Å². The largest absolute Gasteiger partial charge is 0.493 e. The molecule has 1 aliphatic heterocycles. The van der Waals surface area contributed by atoms with E-state index in [1.165, 1.54) is 19.2 Å². The molecule has 0 fully saturated rings. The number of nitrogens with one attached hydrogen (secondary N) is 1. The average molecular weight is 417 g/mol. The standard InChI is InChI=1S/C20H21ClN4O4/c1-28-17-9-13(15(21)11-18(17)29-2)10-19(26)25-8-7-16(24-25)12-3-5-14(6-4-12)23-20(22)27/h3-6,9,11H,7-8,10H2,1-2H3,(H3,22,23,27). The molecule has 0 aliphatic carbocycles. The van der Waals surface area contributed by atoms with Crippen LogP contribution in [-0.2, 0) is 11.2 Å². The summed E-state index contributed by atoms with van der Waals surface area (Å²) in [6, 6.07) is 9.81. The number of benzene rings is 2. The van der Waals surface area contributed by atoms with Crippen molar-refractivity contribution in [3.8, 4) is 11.5 Å². The first-order valence-corrected chi connectivity index (χ1v) is 9.24. The number of nitrogens with zero attached hydrogens (tertiary/aromatic N) is 2. The van der Waals surface area contributed by atoms with E-state index >= 15 is 0 Å². The van der Waals surface area contributed by atoms with Crippen molar-refractivity contribution in [3.05, 3.63) is 52.5 Å². The number of rotatable bonds is 6. The van der Waals surface area contributed by atoms with Gasteiger partial charge in [0.05, 0.1) is 32.9 Å². The second-order valence-electron chi connectivity index (χ2n) is 6.36. The Bertz CT molecular complexity index is 960. The van der Waals surface area contributed by atoms with Gasteiger partial charge in [-0.15, -0.1) is 0 Å². The third kappa shape index (κ3) is 4.78. The number of hydrogen-bond donors (Lipinski definition) is 2. The summed E-state index contributed by atoms with van der Waals surface area (Å²) in [5.74, 6) is 0.848. The minimum absolute atomic E-state index is 0.0947. The topological polar surface area (TPSA) is 106 Å². The van der Waals surface area contributed by atoms with Gasteiger partial charge in [0.2, 0.25) is 5.91 Å². The molecule has 1 heterocycles. The molecule has 152 valence electrons. The predicted octanol–water partition coefficient (Wildman–Crippen LogP) is 3.03. The van der Waals surface area contributed by atoms with Gasteiger partial charge in [-0.3, -0.25) is 4.79 Å². The minimum atomic E-state index is -0.624. The van der Waals surface area contributed by atoms with Crippen LogP contribution in [0.4, 0.5) is 10.5 Å². The molecule has 3 N–H and O–H groups in total. The molecule has 0 radical (unpaired) electrons. The van der Waals surface area contributed by atoms with Crippen LogP contribution in [0.25, 0.3) is 0 Å². The zero-order valence-corrected chi connectivity index (χ0v) is 16.8. The van der Waals surface area contributed by atoms with Crippen LogP contribution in [0.2, 0.25) is 5.02 Å². The molecule has 29 heavy (non-hydrogen) atoms. The minimum Gasteiger partial charge on any atom is -0.493 e. The third-order valence-corrected chi connectivity index (χ3v) is 4.82. The number of hydrazone groups is 1. The molecule has 0 atom stereocenters. The number of carbonyl (C=O) groups excluding carboxylic acids is 2. The van der Waals surface area contributed by atoms with Crippen LogP contribution in [0, 0.1) is 0 Å². The molecule has 0 bridgehead atoms. The van der Waals surface area contributed by atoms with Crippen molar-refractivity contribution in [3.63, 3.8) is 0 Å². The van der Waals surface area contributed by atoms with Gasteiger partial charge in [-0.1, -0.05) is 23.7 Å². The molecule has 0 saturated carbocycles. The summed E-state index contributed by atoms with van der Waals surface area (Å²) < 4.78 is 10.5. The summed E-state index contributed by atoms with van der Waals surface area (Å²) >= 11 is 6.28. The smallest absolute Gasteiger partial charge is 0.316 e. The Balaban J connectivity index is 1.71. The van der Waals surface area contributed by atoms with Crippen molar-refractivity contribution in [2.24, 2.45) is 10.8 Å². The SMILES string of the molecule is COc1cc(Cl)c(CC(=O)N2CCC(c3ccc(NC(N)=O)cc3)=N2)cc1OC. The van der Waals surface area contributed by atoms with Crippen LogP contribution >= 0.6 is 11.6 Å². The van der Waals surface area contributed by atoms with Crippen molar-refractivity contribution < 1.29 is 19.1 Å². The second kappa shape index (κ2) is 8.83. The third-order valence-electron chi connectivity index (χ3n) is 4.47. The molecule has 0 saturated heterocycles. The monoisotopic (exact) mass is 416 g/mol.